The number of aromatic nitrogens is 3. The number of carbonyl (C=O) groups excluding carboxylic acids is 1. The Bertz CT molecular complexity index is 815. The number of alkyl halides is 3. The van der Waals surface area contributed by atoms with Gasteiger partial charge in [-0.05, 0) is 31.0 Å². The van der Waals surface area contributed by atoms with Crippen molar-refractivity contribution in [2.45, 2.75) is 25.6 Å². The number of benzene rings is 1. The molecular weight excluding hydrogens is 371 g/mol. The minimum Gasteiger partial charge on any atom is -0.388 e. The van der Waals surface area contributed by atoms with E-state index in [0.717, 1.165) is 17.4 Å². The first-order valence-electron chi connectivity index (χ1n) is 8.07. The number of amides is 1. The van der Waals surface area contributed by atoms with Crippen molar-refractivity contribution in [2.75, 3.05) is 25.5 Å². The molecule has 1 aliphatic heterocycles. The van der Waals surface area contributed by atoms with E-state index in [1.54, 1.807) is 24.1 Å². The van der Waals surface area contributed by atoms with E-state index in [4.69, 9.17) is 11.6 Å². The number of halogens is 4. The number of carbonyl (C=O) groups is 1. The molecule has 0 atom stereocenters. The van der Waals surface area contributed by atoms with Crippen LogP contribution in [0.15, 0.2) is 18.2 Å². The van der Waals surface area contributed by atoms with Crippen molar-refractivity contribution in [1.29, 1.82) is 0 Å². The van der Waals surface area contributed by atoms with Crippen LogP contribution in [0, 0.1) is 0 Å². The molecule has 1 aliphatic rings. The third-order valence-corrected chi connectivity index (χ3v) is 4.48. The third-order valence-electron chi connectivity index (χ3n) is 4.25. The normalized spacial score (nSPS) is 14.7. The van der Waals surface area contributed by atoms with E-state index >= 15 is 0 Å². The molecule has 0 radical (unpaired) electrons. The van der Waals surface area contributed by atoms with Gasteiger partial charge in [0.2, 0.25) is 11.7 Å². The lowest BCUT2D eigenvalue weighted by molar-refractivity contribution is -0.148. The molecule has 1 aromatic carbocycles. The highest BCUT2D eigenvalue weighted by atomic mass is 35.5. The van der Waals surface area contributed by atoms with E-state index in [9.17, 15) is 18.0 Å². The number of nitrogens with zero attached hydrogens (tertiary/aromatic N) is 4. The molecule has 6 nitrogen and oxygen atoms in total. The molecule has 26 heavy (non-hydrogen) atoms. The van der Waals surface area contributed by atoms with Crippen LogP contribution in [0.3, 0.4) is 0 Å². The van der Waals surface area contributed by atoms with Crippen LogP contribution in [0.4, 0.5) is 18.9 Å². The molecule has 0 bridgehead atoms. The molecule has 1 amide bonds. The van der Waals surface area contributed by atoms with Crippen LogP contribution in [0.25, 0.3) is 11.4 Å². The van der Waals surface area contributed by atoms with Gasteiger partial charge in [0, 0.05) is 36.4 Å². The number of hydrogen-bond donors (Lipinski definition) is 1. The molecule has 10 heteroatoms. The summed E-state index contributed by atoms with van der Waals surface area (Å²) in [5.41, 5.74) is 0.877. The van der Waals surface area contributed by atoms with E-state index in [1.165, 1.54) is 6.07 Å². The number of hydrogen-bond acceptors (Lipinski definition) is 4. The smallest absolute Gasteiger partial charge is 0.388 e. The molecule has 1 aromatic heterocycles. The number of rotatable bonds is 4. The summed E-state index contributed by atoms with van der Waals surface area (Å²) in [6.07, 6.45) is -3.02. The van der Waals surface area contributed by atoms with Gasteiger partial charge in [0.05, 0.1) is 0 Å². The molecule has 2 aromatic rings. The second-order valence-corrected chi connectivity index (χ2v) is 6.40. The zero-order valence-electron chi connectivity index (χ0n) is 14.0. The summed E-state index contributed by atoms with van der Waals surface area (Å²) in [5.74, 6) is -1.65. The quantitative estimate of drug-likeness (QED) is 0.874. The zero-order chi connectivity index (χ0) is 18.9. The minimum atomic E-state index is -4.73. The predicted molar refractivity (Wildman–Crippen MR) is 90.8 cm³/mol. The van der Waals surface area contributed by atoms with Gasteiger partial charge in [-0.15, -0.1) is 10.2 Å². The topological polar surface area (TPSA) is 63.1 Å². The second-order valence-electron chi connectivity index (χ2n) is 5.96. The zero-order valence-corrected chi connectivity index (χ0v) is 14.7. The average Bonchev–Trinajstić information content (AvgIpc) is 3.24. The Morgan fingerprint density at radius 1 is 1.27 bits per heavy atom. The number of likely N-dealkylation sites (tertiary alicyclic amines) is 1. The SMILES string of the molecule is CNc1ccc(Cl)cc1-c1nnc(C(F)(F)F)n1CC(=O)N1CCCC1. The van der Waals surface area contributed by atoms with Crippen molar-refractivity contribution in [3.8, 4) is 11.4 Å². The summed E-state index contributed by atoms with van der Waals surface area (Å²) >= 11 is 6.00. The highest BCUT2D eigenvalue weighted by Gasteiger charge is 2.39. The lowest BCUT2D eigenvalue weighted by Crippen LogP contribution is -2.32. The van der Waals surface area contributed by atoms with Gasteiger partial charge < -0.3 is 10.2 Å². The molecule has 1 saturated heterocycles. The largest absolute Gasteiger partial charge is 0.451 e. The van der Waals surface area contributed by atoms with E-state index in [2.05, 4.69) is 15.5 Å². The predicted octanol–water partition coefficient (Wildman–Crippen LogP) is 3.28. The molecule has 1 N–H and O–H groups in total. The number of nitrogens with one attached hydrogen (secondary N) is 1. The molecular formula is C16H17ClF3N5O. The second kappa shape index (κ2) is 7.14. The van der Waals surface area contributed by atoms with Crippen LogP contribution in [0.1, 0.15) is 18.7 Å². The van der Waals surface area contributed by atoms with Crippen LogP contribution >= 0.6 is 11.6 Å². The van der Waals surface area contributed by atoms with E-state index in [-0.39, 0.29) is 11.7 Å². The Kier molecular flexibility index (Phi) is 5.08. The molecule has 2 heterocycles. The molecule has 140 valence electrons. The number of anilines is 1. The lowest BCUT2D eigenvalue weighted by Gasteiger charge is -2.18. The van der Waals surface area contributed by atoms with Gasteiger partial charge >= 0.3 is 6.18 Å². The summed E-state index contributed by atoms with van der Waals surface area (Å²) in [6.45, 7) is 0.625. The first-order chi connectivity index (χ1) is 12.3. The Morgan fingerprint density at radius 2 is 1.96 bits per heavy atom. The molecule has 0 spiro atoms. The lowest BCUT2D eigenvalue weighted by atomic mass is 10.1. The van der Waals surface area contributed by atoms with Crippen molar-refractivity contribution in [2.24, 2.45) is 0 Å². The van der Waals surface area contributed by atoms with E-state index in [1.807, 2.05) is 0 Å². The first-order valence-corrected chi connectivity index (χ1v) is 8.45. The monoisotopic (exact) mass is 387 g/mol. The van der Waals surface area contributed by atoms with Crippen molar-refractivity contribution in [3.05, 3.63) is 29.0 Å². The molecule has 1 fully saturated rings. The highest BCUT2D eigenvalue weighted by Crippen LogP contribution is 2.34. The van der Waals surface area contributed by atoms with Gasteiger partial charge in [-0.3, -0.25) is 9.36 Å². The van der Waals surface area contributed by atoms with E-state index < -0.39 is 18.5 Å². The van der Waals surface area contributed by atoms with Crippen molar-refractivity contribution in [1.82, 2.24) is 19.7 Å². The molecule has 3 rings (SSSR count). The van der Waals surface area contributed by atoms with Crippen LogP contribution in [0.5, 0.6) is 0 Å². The van der Waals surface area contributed by atoms with Crippen molar-refractivity contribution >= 4 is 23.2 Å². The first kappa shape index (κ1) is 18.5. The summed E-state index contributed by atoms with van der Waals surface area (Å²) in [6, 6.07) is 4.73. The highest BCUT2D eigenvalue weighted by molar-refractivity contribution is 6.31. The fourth-order valence-corrected chi connectivity index (χ4v) is 3.16. The van der Waals surface area contributed by atoms with Crippen LogP contribution in [-0.4, -0.2) is 45.7 Å². The van der Waals surface area contributed by atoms with Crippen LogP contribution in [-0.2, 0) is 17.5 Å². The Labute approximate surface area is 153 Å². The van der Waals surface area contributed by atoms with Crippen molar-refractivity contribution in [3.63, 3.8) is 0 Å². The van der Waals surface area contributed by atoms with Gasteiger partial charge in [-0.1, -0.05) is 11.6 Å². The maximum atomic E-state index is 13.4. The summed E-state index contributed by atoms with van der Waals surface area (Å²) < 4.78 is 40.9. The van der Waals surface area contributed by atoms with Crippen LogP contribution < -0.4 is 5.32 Å². The van der Waals surface area contributed by atoms with E-state index in [0.29, 0.717) is 29.4 Å². The fraction of sp³-hybridized carbons (Fsp3) is 0.438. The van der Waals surface area contributed by atoms with Crippen molar-refractivity contribution < 1.29 is 18.0 Å². The summed E-state index contributed by atoms with van der Waals surface area (Å²) in [7, 11) is 1.63. The van der Waals surface area contributed by atoms with Gasteiger partial charge in [0.15, 0.2) is 5.82 Å². The third kappa shape index (κ3) is 3.62. The average molecular weight is 388 g/mol. The standard InChI is InChI=1S/C16H17ClF3N5O/c1-21-12-5-4-10(17)8-11(12)14-22-23-15(16(18,19)20)25(14)9-13(26)24-6-2-3-7-24/h4-5,8,21H,2-3,6-7,9H2,1H3. The Balaban J connectivity index is 2.07. The molecule has 0 aliphatic carbocycles. The Hall–Kier alpha value is -2.29. The maximum Gasteiger partial charge on any atom is 0.451 e. The van der Waals surface area contributed by atoms with Gasteiger partial charge in [-0.25, -0.2) is 0 Å². The molecule has 0 unspecified atom stereocenters. The summed E-state index contributed by atoms with van der Waals surface area (Å²) in [5, 5.41) is 10.2. The molecule has 0 saturated carbocycles. The van der Waals surface area contributed by atoms with Crippen LogP contribution in [0.2, 0.25) is 5.02 Å². The van der Waals surface area contributed by atoms with Gasteiger partial charge in [-0.2, -0.15) is 13.2 Å². The Morgan fingerprint density at radius 3 is 2.58 bits per heavy atom. The van der Waals surface area contributed by atoms with Gasteiger partial charge in [0.25, 0.3) is 0 Å². The fourth-order valence-electron chi connectivity index (χ4n) is 2.98. The minimum absolute atomic E-state index is 0.0586. The van der Waals surface area contributed by atoms with Gasteiger partial charge in [0.1, 0.15) is 6.54 Å². The maximum absolute atomic E-state index is 13.4. The summed E-state index contributed by atoms with van der Waals surface area (Å²) in [4.78, 5) is 14.0.